The van der Waals surface area contributed by atoms with Gasteiger partial charge in [0.25, 0.3) is 0 Å². The number of benzene rings is 1. The molecule has 0 radical (unpaired) electrons. The number of anilines is 1. The molecule has 19 heavy (non-hydrogen) atoms. The SMILES string of the molecule is CN1CCSc2ccc(B3OCC(C)(C)CO3)cc21. The molecule has 0 spiro atoms. The lowest BCUT2D eigenvalue weighted by atomic mass is 9.75. The van der Waals surface area contributed by atoms with E-state index in [4.69, 9.17) is 9.31 Å². The fourth-order valence-electron chi connectivity index (χ4n) is 2.40. The van der Waals surface area contributed by atoms with Gasteiger partial charge in [-0.15, -0.1) is 11.8 Å². The summed E-state index contributed by atoms with van der Waals surface area (Å²) in [6.45, 7) is 6.93. The Morgan fingerprint density at radius 3 is 2.74 bits per heavy atom. The first-order chi connectivity index (χ1) is 9.05. The Balaban J connectivity index is 1.81. The zero-order valence-corrected chi connectivity index (χ0v) is 12.6. The summed E-state index contributed by atoms with van der Waals surface area (Å²) in [6, 6.07) is 6.54. The largest absolute Gasteiger partial charge is 0.493 e. The minimum absolute atomic E-state index is 0.122. The van der Waals surface area contributed by atoms with Gasteiger partial charge in [0.15, 0.2) is 0 Å². The molecule has 0 aliphatic carbocycles. The maximum Gasteiger partial charge on any atom is 0.493 e. The van der Waals surface area contributed by atoms with Gasteiger partial charge in [0.05, 0.1) is 0 Å². The quantitative estimate of drug-likeness (QED) is 0.732. The third-order valence-electron chi connectivity index (χ3n) is 3.60. The molecule has 1 aromatic rings. The van der Waals surface area contributed by atoms with Crippen molar-refractivity contribution in [1.29, 1.82) is 0 Å². The Morgan fingerprint density at radius 2 is 2.00 bits per heavy atom. The Kier molecular flexibility index (Phi) is 3.54. The Labute approximate surface area is 119 Å². The second-order valence-electron chi connectivity index (χ2n) is 6.12. The summed E-state index contributed by atoms with van der Waals surface area (Å²) in [5, 5.41) is 0. The van der Waals surface area contributed by atoms with Crippen LogP contribution in [0.4, 0.5) is 5.69 Å². The molecule has 0 atom stereocenters. The number of rotatable bonds is 1. The van der Waals surface area contributed by atoms with Crippen LogP contribution in [-0.4, -0.2) is 39.7 Å². The van der Waals surface area contributed by atoms with Crippen LogP contribution < -0.4 is 10.4 Å². The van der Waals surface area contributed by atoms with E-state index in [1.54, 1.807) is 0 Å². The first kappa shape index (κ1) is 13.3. The molecular formula is C14H20BNO2S. The average Bonchev–Trinajstić information content (AvgIpc) is 2.39. The van der Waals surface area contributed by atoms with Crippen molar-refractivity contribution in [1.82, 2.24) is 0 Å². The molecule has 102 valence electrons. The Bertz CT molecular complexity index is 471. The molecule has 3 rings (SSSR count). The third-order valence-corrected chi connectivity index (χ3v) is 4.64. The van der Waals surface area contributed by atoms with Crippen molar-refractivity contribution in [3.05, 3.63) is 18.2 Å². The van der Waals surface area contributed by atoms with Gasteiger partial charge in [0, 0.05) is 48.6 Å². The van der Waals surface area contributed by atoms with Crippen LogP contribution in [0.3, 0.4) is 0 Å². The van der Waals surface area contributed by atoms with Crippen LogP contribution in [0.25, 0.3) is 0 Å². The third kappa shape index (κ3) is 2.78. The summed E-state index contributed by atoms with van der Waals surface area (Å²) in [5.74, 6) is 1.16. The number of hydrogen-bond donors (Lipinski definition) is 0. The van der Waals surface area contributed by atoms with Gasteiger partial charge in [0.2, 0.25) is 0 Å². The molecule has 0 aromatic heterocycles. The van der Waals surface area contributed by atoms with E-state index in [1.165, 1.54) is 10.6 Å². The normalized spacial score (nSPS) is 22.3. The molecular weight excluding hydrogens is 257 g/mol. The molecule has 0 saturated carbocycles. The van der Waals surface area contributed by atoms with E-state index in [0.29, 0.717) is 0 Å². The number of fused-ring (bicyclic) bond motifs is 1. The lowest BCUT2D eigenvalue weighted by Crippen LogP contribution is -2.47. The van der Waals surface area contributed by atoms with Gasteiger partial charge in [-0.1, -0.05) is 19.9 Å². The van der Waals surface area contributed by atoms with Gasteiger partial charge in [-0.2, -0.15) is 0 Å². The van der Waals surface area contributed by atoms with E-state index >= 15 is 0 Å². The molecule has 1 saturated heterocycles. The molecule has 0 N–H and O–H groups in total. The minimum Gasteiger partial charge on any atom is -0.407 e. The molecule has 0 bridgehead atoms. The number of nitrogens with zero attached hydrogens (tertiary/aromatic N) is 1. The van der Waals surface area contributed by atoms with Crippen molar-refractivity contribution in [3.63, 3.8) is 0 Å². The van der Waals surface area contributed by atoms with E-state index < -0.39 is 0 Å². The van der Waals surface area contributed by atoms with E-state index in [0.717, 1.165) is 31.0 Å². The highest BCUT2D eigenvalue weighted by Crippen LogP contribution is 2.33. The monoisotopic (exact) mass is 277 g/mol. The van der Waals surface area contributed by atoms with Crippen LogP contribution in [0.5, 0.6) is 0 Å². The number of thioether (sulfide) groups is 1. The highest BCUT2D eigenvalue weighted by atomic mass is 32.2. The van der Waals surface area contributed by atoms with E-state index in [1.807, 2.05) is 11.8 Å². The van der Waals surface area contributed by atoms with Crippen molar-refractivity contribution >= 4 is 30.0 Å². The summed E-state index contributed by atoms with van der Waals surface area (Å²) in [6.07, 6.45) is 0. The summed E-state index contributed by atoms with van der Waals surface area (Å²) in [4.78, 5) is 3.66. The second-order valence-corrected chi connectivity index (χ2v) is 7.25. The van der Waals surface area contributed by atoms with Crippen LogP contribution in [0.2, 0.25) is 0 Å². The first-order valence-corrected chi connectivity index (χ1v) is 7.75. The van der Waals surface area contributed by atoms with Gasteiger partial charge in [-0.25, -0.2) is 0 Å². The molecule has 1 aromatic carbocycles. The van der Waals surface area contributed by atoms with E-state index in [9.17, 15) is 0 Å². The smallest absolute Gasteiger partial charge is 0.407 e. The molecule has 5 heteroatoms. The summed E-state index contributed by atoms with van der Waals surface area (Å²) < 4.78 is 11.7. The topological polar surface area (TPSA) is 21.7 Å². The van der Waals surface area contributed by atoms with Crippen LogP contribution >= 0.6 is 11.8 Å². The summed E-state index contributed by atoms with van der Waals surface area (Å²) in [7, 11) is 1.94. The van der Waals surface area contributed by atoms with Crippen LogP contribution in [0.15, 0.2) is 23.1 Å². The van der Waals surface area contributed by atoms with Crippen molar-refractivity contribution in [2.24, 2.45) is 5.41 Å². The molecule has 3 nitrogen and oxygen atoms in total. The summed E-state index contributed by atoms with van der Waals surface area (Å²) >= 11 is 1.92. The van der Waals surface area contributed by atoms with Crippen molar-refractivity contribution in [2.45, 2.75) is 18.7 Å². The molecule has 0 unspecified atom stereocenters. The highest BCUT2D eigenvalue weighted by molar-refractivity contribution is 7.99. The Morgan fingerprint density at radius 1 is 1.26 bits per heavy atom. The fourth-order valence-corrected chi connectivity index (χ4v) is 3.51. The van der Waals surface area contributed by atoms with Gasteiger partial charge in [-0.05, 0) is 17.6 Å². The zero-order chi connectivity index (χ0) is 13.5. The van der Waals surface area contributed by atoms with Crippen molar-refractivity contribution < 1.29 is 9.31 Å². The molecule has 2 heterocycles. The predicted octanol–water partition coefficient (Wildman–Crippen LogP) is 2.00. The van der Waals surface area contributed by atoms with Crippen molar-refractivity contribution in [2.75, 3.05) is 37.5 Å². The highest BCUT2D eigenvalue weighted by Gasteiger charge is 2.34. The van der Waals surface area contributed by atoms with Crippen LogP contribution in [0, 0.1) is 5.41 Å². The first-order valence-electron chi connectivity index (χ1n) is 6.76. The van der Waals surface area contributed by atoms with Crippen LogP contribution in [0.1, 0.15) is 13.8 Å². The standard InChI is InChI=1S/C14H20BNO2S/c1-14(2)9-17-15(18-10-14)11-4-5-13-12(8-11)16(3)6-7-19-13/h4-5,8H,6-7,9-10H2,1-3H3. The van der Waals surface area contributed by atoms with Gasteiger partial charge >= 0.3 is 7.12 Å². The molecule has 2 aliphatic rings. The predicted molar refractivity (Wildman–Crippen MR) is 81.5 cm³/mol. The Hall–Kier alpha value is -0.645. The lowest BCUT2D eigenvalue weighted by Gasteiger charge is -2.34. The lowest BCUT2D eigenvalue weighted by molar-refractivity contribution is 0.0343. The van der Waals surface area contributed by atoms with E-state index in [-0.39, 0.29) is 12.5 Å². The van der Waals surface area contributed by atoms with Gasteiger partial charge < -0.3 is 14.2 Å². The average molecular weight is 277 g/mol. The fraction of sp³-hybridized carbons (Fsp3) is 0.571. The molecule has 0 amide bonds. The van der Waals surface area contributed by atoms with Crippen molar-refractivity contribution in [3.8, 4) is 0 Å². The number of hydrogen-bond acceptors (Lipinski definition) is 4. The molecule has 1 fully saturated rings. The summed E-state index contributed by atoms with van der Waals surface area (Å²) in [5.41, 5.74) is 2.55. The van der Waals surface area contributed by atoms with Gasteiger partial charge in [-0.3, -0.25) is 0 Å². The second kappa shape index (κ2) is 5.04. The maximum absolute atomic E-state index is 5.86. The van der Waals surface area contributed by atoms with E-state index in [2.05, 4.69) is 44.0 Å². The minimum atomic E-state index is -0.210. The van der Waals surface area contributed by atoms with Gasteiger partial charge in [0.1, 0.15) is 0 Å². The zero-order valence-electron chi connectivity index (χ0n) is 11.8. The van der Waals surface area contributed by atoms with Crippen LogP contribution in [-0.2, 0) is 9.31 Å². The molecule has 2 aliphatic heterocycles. The maximum atomic E-state index is 5.86.